The molecule has 1 aromatic carbocycles. The SMILES string of the molecule is CC(C)CC(CSc1ccc(Cl)cc1)NC(=O)[C@H]1C[C@H](CN)CN1. The van der Waals surface area contributed by atoms with Crippen LogP contribution in [0.25, 0.3) is 0 Å². The van der Waals surface area contributed by atoms with Crippen molar-refractivity contribution in [1.82, 2.24) is 10.6 Å². The van der Waals surface area contributed by atoms with Crippen molar-refractivity contribution < 1.29 is 4.79 Å². The van der Waals surface area contributed by atoms with E-state index in [1.165, 1.54) is 4.90 Å². The van der Waals surface area contributed by atoms with Crippen LogP contribution >= 0.6 is 23.4 Å². The first-order valence-electron chi connectivity index (χ1n) is 8.60. The number of carbonyl (C=O) groups is 1. The highest BCUT2D eigenvalue weighted by molar-refractivity contribution is 7.99. The molecule has 1 aliphatic rings. The molecule has 24 heavy (non-hydrogen) atoms. The Morgan fingerprint density at radius 2 is 2.12 bits per heavy atom. The lowest BCUT2D eigenvalue weighted by molar-refractivity contribution is -0.123. The molecule has 4 N–H and O–H groups in total. The van der Waals surface area contributed by atoms with Gasteiger partial charge in [-0.2, -0.15) is 0 Å². The maximum Gasteiger partial charge on any atom is 0.237 e. The van der Waals surface area contributed by atoms with Crippen LogP contribution in [-0.4, -0.2) is 36.8 Å². The fraction of sp³-hybridized carbons (Fsp3) is 0.611. The minimum Gasteiger partial charge on any atom is -0.351 e. The van der Waals surface area contributed by atoms with Crippen LogP contribution in [0.4, 0.5) is 0 Å². The lowest BCUT2D eigenvalue weighted by Crippen LogP contribution is -2.46. The number of hydrogen-bond donors (Lipinski definition) is 3. The van der Waals surface area contributed by atoms with Crippen LogP contribution in [0.2, 0.25) is 5.02 Å². The van der Waals surface area contributed by atoms with E-state index in [-0.39, 0.29) is 18.0 Å². The molecule has 1 saturated heterocycles. The molecule has 1 aliphatic heterocycles. The zero-order valence-electron chi connectivity index (χ0n) is 14.4. The predicted molar refractivity (Wildman–Crippen MR) is 103 cm³/mol. The minimum atomic E-state index is -0.103. The number of nitrogens with one attached hydrogen (secondary N) is 2. The number of carbonyl (C=O) groups excluding carboxylic acids is 1. The third kappa shape index (κ3) is 6.28. The summed E-state index contributed by atoms with van der Waals surface area (Å²) in [6.07, 6.45) is 1.81. The molecule has 6 heteroatoms. The minimum absolute atomic E-state index is 0.103. The first-order chi connectivity index (χ1) is 11.5. The molecule has 0 radical (unpaired) electrons. The fourth-order valence-corrected chi connectivity index (χ4v) is 4.02. The Bertz CT molecular complexity index is 524. The highest BCUT2D eigenvalue weighted by Crippen LogP contribution is 2.23. The first kappa shape index (κ1) is 19.6. The van der Waals surface area contributed by atoms with E-state index >= 15 is 0 Å². The molecule has 0 saturated carbocycles. The van der Waals surface area contributed by atoms with E-state index in [9.17, 15) is 4.79 Å². The topological polar surface area (TPSA) is 67.2 Å². The zero-order valence-corrected chi connectivity index (χ0v) is 16.0. The quantitative estimate of drug-likeness (QED) is 0.616. The monoisotopic (exact) mass is 369 g/mol. The Balaban J connectivity index is 1.87. The van der Waals surface area contributed by atoms with Crippen molar-refractivity contribution in [2.45, 2.75) is 43.7 Å². The van der Waals surface area contributed by atoms with Gasteiger partial charge < -0.3 is 16.4 Å². The molecular weight excluding hydrogens is 342 g/mol. The Kier molecular flexibility index (Phi) is 7.88. The van der Waals surface area contributed by atoms with Crippen molar-refractivity contribution >= 4 is 29.3 Å². The largest absolute Gasteiger partial charge is 0.351 e. The summed E-state index contributed by atoms with van der Waals surface area (Å²) in [6.45, 7) is 5.84. The van der Waals surface area contributed by atoms with Gasteiger partial charge in [0.15, 0.2) is 0 Å². The van der Waals surface area contributed by atoms with Gasteiger partial charge >= 0.3 is 0 Å². The molecule has 1 unspecified atom stereocenters. The van der Waals surface area contributed by atoms with Gasteiger partial charge in [-0.05, 0) is 62.0 Å². The van der Waals surface area contributed by atoms with Crippen LogP contribution in [0.5, 0.6) is 0 Å². The lowest BCUT2D eigenvalue weighted by atomic mass is 10.0. The number of nitrogens with two attached hydrogens (primary N) is 1. The van der Waals surface area contributed by atoms with Gasteiger partial charge in [0.2, 0.25) is 5.91 Å². The van der Waals surface area contributed by atoms with E-state index in [2.05, 4.69) is 24.5 Å². The molecule has 0 bridgehead atoms. The second kappa shape index (κ2) is 9.66. The van der Waals surface area contributed by atoms with Crippen LogP contribution in [0, 0.1) is 11.8 Å². The summed E-state index contributed by atoms with van der Waals surface area (Å²) in [6, 6.07) is 7.90. The van der Waals surface area contributed by atoms with E-state index in [0.717, 1.165) is 30.2 Å². The number of benzene rings is 1. The number of halogens is 1. The molecule has 0 aliphatic carbocycles. The predicted octanol–water partition coefficient (Wildman–Crippen LogP) is 2.90. The first-order valence-corrected chi connectivity index (χ1v) is 9.96. The average molecular weight is 370 g/mol. The summed E-state index contributed by atoms with van der Waals surface area (Å²) < 4.78 is 0. The van der Waals surface area contributed by atoms with Crippen molar-refractivity contribution in [3.8, 4) is 0 Å². The van der Waals surface area contributed by atoms with Gasteiger partial charge in [-0.1, -0.05) is 25.4 Å². The molecule has 1 fully saturated rings. The van der Waals surface area contributed by atoms with Crippen molar-refractivity contribution in [3.05, 3.63) is 29.3 Å². The van der Waals surface area contributed by atoms with Gasteiger partial charge in [-0.15, -0.1) is 11.8 Å². The molecular formula is C18H28ClN3OS. The summed E-state index contributed by atoms with van der Waals surface area (Å²) in [7, 11) is 0. The van der Waals surface area contributed by atoms with E-state index in [0.29, 0.717) is 18.4 Å². The van der Waals surface area contributed by atoms with Gasteiger partial charge in [0.1, 0.15) is 0 Å². The Morgan fingerprint density at radius 3 is 2.71 bits per heavy atom. The third-order valence-corrected chi connectivity index (χ3v) is 5.67. The normalized spacial score (nSPS) is 21.9. The smallest absolute Gasteiger partial charge is 0.237 e. The number of amides is 1. The van der Waals surface area contributed by atoms with Crippen LogP contribution in [0.15, 0.2) is 29.2 Å². The van der Waals surface area contributed by atoms with Gasteiger partial charge in [0.25, 0.3) is 0 Å². The van der Waals surface area contributed by atoms with Gasteiger partial charge in [-0.3, -0.25) is 4.79 Å². The van der Waals surface area contributed by atoms with Crippen molar-refractivity contribution in [3.63, 3.8) is 0 Å². The molecule has 0 spiro atoms. The molecule has 1 amide bonds. The second-order valence-corrected chi connectivity index (χ2v) is 8.43. The Hall–Kier alpha value is -0.750. The van der Waals surface area contributed by atoms with E-state index in [1.807, 2.05) is 24.3 Å². The van der Waals surface area contributed by atoms with Crippen LogP contribution in [0.1, 0.15) is 26.7 Å². The molecule has 1 heterocycles. The lowest BCUT2D eigenvalue weighted by Gasteiger charge is -2.22. The third-order valence-electron chi connectivity index (χ3n) is 4.24. The molecule has 3 atom stereocenters. The highest BCUT2D eigenvalue weighted by atomic mass is 35.5. The van der Waals surface area contributed by atoms with E-state index in [4.69, 9.17) is 17.3 Å². The average Bonchev–Trinajstić information content (AvgIpc) is 3.03. The van der Waals surface area contributed by atoms with E-state index < -0.39 is 0 Å². The van der Waals surface area contributed by atoms with Crippen molar-refractivity contribution in [1.29, 1.82) is 0 Å². The van der Waals surface area contributed by atoms with Crippen LogP contribution in [-0.2, 0) is 4.79 Å². The summed E-state index contributed by atoms with van der Waals surface area (Å²) in [5, 5.41) is 7.25. The second-order valence-electron chi connectivity index (χ2n) is 6.90. The molecule has 4 nitrogen and oxygen atoms in total. The fourth-order valence-electron chi connectivity index (χ4n) is 2.96. The summed E-state index contributed by atoms with van der Waals surface area (Å²) >= 11 is 7.68. The zero-order chi connectivity index (χ0) is 17.5. The maximum absolute atomic E-state index is 12.5. The number of rotatable bonds is 8. The number of hydrogen-bond acceptors (Lipinski definition) is 4. The van der Waals surface area contributed by atoms with Gasteiger partial charge in [0, 0.05) is 21.7 Å². The van der Waals surface area contributed by atoms with Crippen LogP contribution in [0.3, 0.4) is 0 Å². The maximum atomic E-state index is 12.5. The molecule has 0 aromatic heterocycles. The van der Waals surface area contributed by atoms with Crippen molar-refractivity contribution in [2.24, 2.45) is 17.6 Å². The number of thioether (sulfide) groups is 1. The summed E-state index contributed by atoms with van der Waals surface area (Å²) in [5.41, 5.74) is 5.70. The van der Waals surface area contributed by atoms with Gasteiger partial charge in [-0.25, -0.2) is 0 Å². The highest BCUT2D eigenvalue weighted by Gasteiger charge is 2.29. The summed E-state index contributed by atoms with van der Waals surface area (Å²) in [4.78, 5) is 13.7. The summed E-state index contributed by atoms with van der Waals surface area (Å²) in [5.74, 6) is 1.91. The van der Waals surface area contributed by atoms with Gasteiger partial charge in [0.05, 0.1) is 6.04 Å². The molecule has 134 valence electrons. The van der Waals surface area contributed by atoms with Crippen LogP contribution < -0.4 is 16.4 Å². The van der Waals surface area contributed by atoms with Crippen molar-refractivity contribution in [2.75, 3.05) is 18.8 Å². The standard InChI is InChI=1S/C18H28ClN3OS/c1-12(2)7-15(11-24-16-5-3-14(19)4-6-16)22-18(23)17-8-13(9-20)10-21-17/h3-6,12-13,15,17,21H,7-11,20H2,1-2H3,(H,22,23)/t13-,15?,17-/m1/s1. The Labute approximate surface area is 154 Å². The van der Waals surface area contributed by atoms with E-state index in [1.54, 1.807) is 11.8 Å². The Morgan fingerprint density at radius 1 is 1.42 bits per heavy atom. The molecule has 1 aromatic rings. The molecule has 2 rings (SSSR count).